The van der Waals surface area contributed by atoms with Crippen molar-refractivity contribution in [2.24, 2.45) is 0 Å². The average Bonchev–Trinajstić information content (AvgIpc) is 1.93. The highest BCUT2D eigenvalue weighted by Gasteiger charge is 2.20. The molecule has 0 bridgehead atoms. The van der Waals surface area contributed by atoms with Crippen molar-refractivity contribution in [1.29, 1.82) is 0 Å². The highest BCUT2D eigenvalue weighted by atomic mass is 16.3. The third-order valence-electron chi connectivity index (χ3n) is 2.46. The van der Waals surface area contributed by atoms with Crippen LogP contribution in [0.25, 0.3) is 0 Å². The maximum Gasteiger partial charge on any atom is 0.115 e. The minimum absolute atomic E-state index is 0.365. The van der Waals surface area contributed by atoms with E-state index in [2.05, 4.69) is 12.2 Å². The largest absolute Gasteiger partial charge is 0.508 e. The van der Waals surface area contributed by atoms with Gasteiger partial charge in [-0.05, 0) is 43.1 Å². The summed E-state index contributed by atoms with van der Waals surface area (Å²) in [5.41, 5.74) is 2.49. The predicted molar refractivity (Wildman–Crippen MR) is 48.2 cm³/mol. The number of phenols is 1. The fourth-order valence-corrected chi connectivity index (χ4v) is 1.56. The van der Waals surface area contributed by atoms with Gasteiger partial charge in [0.05, 0.1) is 0 Å². The van der Waals surface area contributed by atoms with Crippen molar-refractivity contribution in [2.75, 3.05) is 6.54 Å². The molecule has 2 N–H and O–H groups in total. The smallest absolute Gasteiger partial charge is 0.115 e. The first-order chi connectivity index (χ1) is 5.77. The predicted octanol–water partition coefficient (Wildman–Crippen LogP) is 1.74. The van der Waals surface area contributed by atoms with Gasteiger partial charge in [-0.25, -0.2) is 0 Å². The fourth-order valence-electron chi connectivity index (χ4n) is 1.56. The van der Waals surface area contributed by atoms with Crippen molar-refractivity contribution in [3.8, 4) is 5.75 Å². The Bertz CT molecular complexity index is 292. The molecular weight excluding hydrogens is 150 g/mol. The Morgan fingerprint density at radius 2 is 2.25 bits per heavy atom. The molecule has 0 aromatic heterocycles. The first-order valence-electron chi connectivity index (χ1n) is 4.30. The van der Waals surface area contributed by atoms with Crippen molar-refractivity contribution >= 4 is 0 Å². The van der Waals surface area contributed by atoms with Gasteiger partial charge in [0.1, 0.15) is 5.75 Å². The highest BCUT2D eigenvalue weighted by molar-refractivity contribution is 5.36. The zero-order chi connectivity index (χ0) is 8.55. The Balaban J connectivity index is 2.34. The molecule has 0 saturated carbocycles. The number of rotatable bonds is 1. The van der Waals surface area contributed by atoms with Gasteiger partial charge in [0.25, 0.3) is 0 Å². The molecule has 12 heavy (non-hydrogen) atoms. The molecule has 1 atom stereocenters. The number of hydrogen-bond acceptors (Lipinski definition) is 2. The van der Waals surface area contributed by atoms with Gasteiger partial charge in [0.2, 0.25) is 0 Å². The van der Waals surface area contributed by atoms with Gasteiger partial charge >= 0.3 is 0 Å². The molecular formula is C10H13NO. The standard InChI is InChI=1S/C10H13NO/c1-7-2-3-8(12)6-9(7)10-4-5-11-10/h2-3,6,10-12H,4-5H2,1H3. The molecule has 1 aliphatic rings. The van der Waals surface area contributed by atoms with Gasteiger partial charge in [-0.3, -0.25) is 0 Å². The number of aryl methyl sites for hydroxylation is 1. The van der Waals surface area contributed by atoms with E-state index in [0.717, 1.165) is 6.54 Å². The summed E-state index contributed by atoms with van der Waals surface area (Å²) in [5.74, 6) is 0.365. The normalized spacial score (nSPS) is 21.9. The molecule has 1 unspecified atom stereocenters. The molecule has 1 fully saturated rings. The van der Waals surface area contributed by atoms with E-state index < -0.39 is 0 Å². The van der Waals surface area contributed by atoms with Crippen LogP contribution in [0.2, 0.25) is 0 Å². The summed E-state index contributed by atoms with van der Waals surface area (Å²) in [7, 11) is 0. The molecule has 2 heteroatoms. The van der Waals surface area contributed by atoms with E-state index >= 15 is 0 Å². The Kier molecular flexibility index (Phi) is 1.77. The van der Waals surface area contributed by atoms with E-state index in [1.165, 1.54) is 17.5 Å². The van der Waals surface area contributed by atoms with Crippen LogP contribution in [-0.2, 0) is 0 Å². The quantitative estimate of drug-likeness (QED) is 0.661. The molecule has 1 aliphatic heterocycles. The molecule has 0 radical (unpaired) electrons. The van der Waals surface area contributed by atoms with E-state index in [9.17, 15) is 5.11 Å². The van der Waals surface area contributed by atoms with Crippen LogP contribution in [-0.4, -0.2) is 11.7 Å². The first kappa shape index (κ1) is 7.62. The molecule has 0 amide bonds. The maximum absolute atomic E-state index is 9.28. The molecule has 1 aromatic rings. The van der Waals surface area contributed by atoms with Crippen LogP contribution < -0.4 is 5.32 Å². The lowest BCUT2D eigenvalue weighted by molar-refractivity contribution is 0.379. The summed E-state index contributed by atoms with van der Waals surface area (Å²) >= 11 is 0. The Labute approximate surface area is 72.2 Å². The molecule has 0 spiro atoms. The zero-order valence-corrected chi connectivity index (χ0v) is 7.17. The van der Waals surface area contributed by atoms with Gasteiger partial charge in [-0.15, -0.1) is 0 Å². The van der Waals surface area contributed by atoms with Crippen molar-refractivity contribution < 1.29 is 5.11 Å². The minimum Gasteiger partial charge on any atom is -0.508 e. The summed E-state index contributed by atoms with van der Waals surface area (Å²) in [4.78, 5) is 0. The van der Waals surface area contributed by atoms with Crippen LogP contribution >= 0.6 is 0 Å². The zero-order valence-electron chi connectivity index (χ0n) is 7.17. The van der Waals surface area contributed by atoms with Crippen LogP contribution in [0.1, 0.15) is 23.6 Å². The molecule has 2 rings (SSSR count). The second kappa shape index (κ2) is 2.79. The van der Waals surface area contributed by atoms with E-state index in [1.54, 1.807) is 6.07 Å². The third kappa shape index (κ3) is 1.18. The summed E-state index contributed by atoms with van der Waals surface area (Å²) in [6.45, 7) is 3.18. The first-order valence-corrected chi connectivity index (χ1v) is 4.30. The molecule has 2 nitrogen and oxygen atoms in total. The Morgan fingerprint density at radius 1 is 1.50 bits per heavy atom. The van der Waals surface area contributed by atoms with Crippen molar-refractivity contribution in [3.63, 3.8) is 0 Å². The van der Waals surface area contributed by atoms with Crippen LogP contribution in [0, 0.1) is 6.92 Å². The van der Waals surface area contributed by atoms with Crippen LogP contribution in [0.15, 0.2) is 18.2 Å². The Hall–Kier alpha value is -1.02. The number of hydrogen-bond donors (Lipinski definition) is 2. The van der Waals surface area contributed by atoms with Gasteiger partial charge in [-0.2, -0.15) is 0 Å². The average molecular weight is 163 g/mol. The summed E-state index contributed by atoms with van der Waals surface area (Å²) in [6, 6.07) is 6.02. The number of aromatic hydroxyl groups is 1. The lowest BCUT2D eigenvalue weighted by atomic mass is 9.94. The van der Waals surface area contributed by atoms with E-state index in [4.69, 9.17) is 0 Å². The third-order valence-corrected chi connectivity index (χ3v) is 2.46. The van der Waals surface area contributed by atoms with Gasteiger partial charge in [-0.1, -0.05) is 6.07 Å². The second-order valence-corrected chi connectivity index (χ2v) is 3.34. The summed E-state index contributed by atoms with van der Waals surface area (Å²) in [6.07, 6.45) is 1.18. The monoisotopic (exact) mass is 163 g/mol. The minimum atomic E-state index is 0.365. The van der Waals surface area contributed by atoms with Gasteiger partial charge < -0.3 is 10.4 Å². The lowest BCUT2D eigenvalue weighted by Gasteiger charge is -2.29. The van der Waals surface area contributed by atoms with Gasteiger partial charge in [0.15, 0.2) is 0 Å². The lowest BCUT2D eigenvalue weighted by Crippen LogP contribution is -2.35. The van der Waals surface area contributed by atoms with E-state index in [0.29, 0.717) is 11.8 Å². The number of benzene rings is 1. The second-order valence-electron chi connectivity index (χ2n) is 3.34. The molecule has 0 aliphatic carbocycles. The summed E-state index contributed by atoms with van der Waals surface area (Å²) < 4.78 is 0. The fraction of sp³-hybridized carbons (Fsp3) is 0.400. The molecule has 1 saturated heterocycles. The molecule has 1 aromatic carbocycles. The SMILES string of the molecule is Cc1ccc(O)cc1C1CCN1. The summed E-state index contributed by atoms with van der Waals surface area (Å²) in [5, 5.41) is 12.6. The molecule has 1 heterocycles. The van der Waals surface area contributed by atoms with Crippen molar-refractivity contribution in [3.05, 3.63) is 29.3 Å². The van der Waals surface area contributed by atoms with E-state index in [1.807, 2.05) is 12.1 Å². The van der Waals surface area contributed by atoms with Gasteiger partial charge in [0, 0.05) is 6.04 Å². The number of phenolic OH excluding ortho intramolecular Hbond substituents is 1. The van der Waals surface area contributed by atoms with Crippen LogP contribution in [0.3, 0.4) is 0 Å². The molecule has 64 valence electrons. The van der Waals surface area contributed by atoms with Crippen molar-refractivity contribution in [1.82, 2.24) is 5.32 Å². The van der Waals surface area contributed by atoms with E-state index in [-0.39, 0.29) is 0 Å². The van der Waals surface area contributed by atoms with Crippen LogP contribution in [0.5, 0.6) is 5.75 Å². The maximum atomic E-state index is 9.28. The topological polar surface area (TPSA) is 32.3 Å². The van der Waals surface area contributed by atoms with Crippen molar-refractivity contribution in [2.45, 2.75) is 19.4 Å². The number of nitrogens with one attached hydrogen (secondary N) is 1. The highest BCUT2D eigenvalue weighted by Crippen LogP contribution is 2.28. The van der Waals surface area contributed by atoms with Crippen LogP contribution in [0.4, 0.5) is 0 Å². The Morgan fingerprint density at radius 3 is 2.83 bits per heavy atom.